The van der Waals surface area contributed by atoms with Crippen molar-refractivity contribution in [2.24, 2.45) is 0 Å². The highest BCUT2D eigenvalue weighted by molar-refractivity contribution is 8.00. The molecule has 0 radical (unpaired) electrons. The molecule has 0 bridgehead atoms. The Morgan fingerprint density at radius 2 is 1.50 bits per heavy atom. The quantitative estimate of drug-likeness (QED) is 0.181. The Bertz CT molecular complexity index is 1870. The van der Waals surface area contributed by atoms with Crippen LogP contribution in [0.25, 0.3) is 0 Å². The number of sulfone groups is 1. The highest BCUT2D eigenvalue weighted by Gasteiger charge is 2.50. The highest BCUT2D eigenvalue weighted by Crippen LogP contribution is 2.40. The van der Waals surface area contributed by atoms with Gasteiger partial charge in [-0.15, -0.1) is 11.8 Å². The van der Waals surface area contributed by atoms with Crippen molar-refractivity contribution in [3.63, 3.8) is 0 Å². The molecule has 4 N–H and O–H groups in total. The summed E-state index contributed by atoms with van der Waals surface area (Å²) in [5.74, 6) is -3.48. The fraction of sp³-hybridized carbons (Fsp3) is 0.400. The van der Waals surface area contributed by atoms with Crippen LogP contribution in [-0.4, -0.2) is 91.4 Å². The Morgan fingerprint density at radius 1 is 0.920 bits per heavy atom. The minimum atomic E-state index is -4.08. The van der Waals surface area contributed by atoms with Gasteiger partial charge in [0.05, 0.1) is 29.7 Å². The predicted octanol–water partition coefficient (Wildman–Crippen LogP) is 1.91. The van der Waals surface area contributed by atoms with Gasteiger partial charge in [0, 0.05) is 11.3 Å². The number of amides is 3. The van der Waals surface area contributed by atoms with E-state index in [1.54, 1.807) is 60.7 Å². The van der Waals surface area contributed by atoms with Crippen molar-refractivity contribution in [2.75, 3.05) is 17.9 Å². The average Bonchev–Trinajstić information content (AvgIpc) is 3.37. The lowest BCUT2D eigenvalue weighted by Crippen LogP contribution is -2.60. The molecule has 0 aliphatic carbocycles. The summed E-state index contributed by atoms with van der Waals surface area (Å²) in [6.07, 6.45) is -1.13. The highest BCUT2D eigenvalue weighted by atomic mass is 32.2. The maximum absolute atomic E-state index is 14.0. The SMILES string of the molecule is Cc1ccccc1CNC(=O)[C@H]1N(C(=O)[C@@H](O)[C@H](Cc2ccccc2)NC(=O)[C@@H](CS(=O)(=O)Cc2ccccc2)NS(C)(=O)=O)CSC1(C)C. The van der Waals surface area contributed by atoms with Gasteiger partial charge in [-0.3, -0.25) is 14.4 Å². The summed E-state index contributed by atoms with van der Waals surface area (Å²) >= 11 is 1.36. The molecule has 270 valence electrons. The van der Waals surface area contributed by atoms with Crippen molar-refractivity contribution >= 4 is 49.3 Å². The lowest BCUT2D eigenvalue weighted by molar-refractivity contribution is -0.147. The summed E-state index contributed by atoms with van der Waals surface area (Å²) in [5, 5.41) is 17.1. The number of hydrogen-bond acceptors (Lipinski definition) is 9. The standard InChI is InChI=1S/C35H44N4O8S3/c1-24-13-11-12-18-27(24)20-36-33(42)31-35(2,3)48-23-39(31)34(43)30(40)28(19-25-14-7-5-8-15-25)37-32(41)29(38-49(4,44)45)22-50(46,47)21-26-16-9-6-10-17-26/h5-18,28-31,38,40H,19-23H2,1-4H3,(H,36,42)(H,37,41)/t28-,29+,30-,31+/m0/s1. The van der Waals surface area contributed by atoms with E-state index in [2.05, 4.69) is 15.4 Å². The molecule has 15 heteroatoms. The fourth-order valence-corrected chi connectivity index (χ4v) is 9.31. The molecule has 0 spiro atoms. The van der Waals surface area contributed by atoms with E-state index < -0.39 is 78.1 Å². The van der Waals surface area contributed by atoms with Gasteiger partial charge >= 0.3 is 0 Å². The van der Waals surface area contributed by atoms with Gasteiger partial charge in [0.2, 0.25) is 21.8 Å². The van der Waals surface area contributed by atoms with Crippen LogP contribution in [0.3, 0.4) is 0 Å². The van der Waals surface area contributed by atoms with E-state index in [0.717, 1.165) is 17.4 Å². The number of aliphatic hydroxyl groups excluding tert-OH is 1. The monoisotopic (exact) mass is 744 g/mol. The molecule has 0 unspecified atom stereocenters. The Balaban J connectivity index is 1.58. The number of benzene rings is 3. The van der Waals surface area contributed by atoms with Crippen LogP contribution in [-0.2, 0) is 53.0 Å². The molecule has 1 fully saturated rings. The summed E-state index contributed by atoms with van der Waals surface area (Å²) in [5.41, 5.74) is 3.00. The second kappa shape index (κ2) is 16.5. The Labute approximate surface area is 298 Å². The van der Waals surface area contributed by atoms with Crippen molar-refractivity contribution in [1.29, 1.82) is 0 Å². The van der Waals surface area contributed by atoms with E-state index in [4.69, 9.17) is 0 Å². The summed E-state index contributed by atoms with van der Waals surface area (Å²) in [4.78, 5) is 42.7. The van der Waals surface area contributed by atoms with Crippen LogP contribution in [0.15, 0.2) is 84.9 Å². The van der Waals surface area contributed by atoms with Gasteiger partial charge < -0.3 is 20.6 Å². The molecule has 0 aromatic heterocycles. The van der Waals surface area contributed by atoms with Gasteiger partial charge in [0.25, 0.3) is 5.91 Å². The molecule has 4 rings (SSSR count). The number of sulfonamides is 1. The number of aryl methyl sites for hydroxylation is 1. The van der Waals surface area contributed by atoms with Crippen LogP contribution >= 0.6 is 11.8 Å². The van der Waals surface area contributed by atoms with Crippen LogP contribution in [0, 0.1) is 6.92 Å². The maximum Gasteiger partial charge on any atom is 0.254 e. The summed E-state index contributed by atoms with van der Waals surface area (Å²) < 4.78 is 52.2. The van der Waals surface area contributed by atoms with Crippen molar-refractivity contribution in [1.82, 2.24) is 20.3 Å². The van der Waals surface area contributed by atoms with Crippen LogP contribution in [0.5, 0.6) is 0 Å². The van der Waals surface area contributed by atoms with Gasteiger partial charge in [-0.05, 0) is 49.4 Å². The van der Waals surface area contributed by atoms with Crippen LogP contribution < -0.4 is 15.4 Å². The number of rotatable bonds is 15. The molecule has 3 aromatic carbocycles. The van der Waals surface area contributed by atoms with Gasteiger partial charge in [-0.25, -0.2) is 21.6 Å². The first-order chi connectivity index (χ1) is 23.5. The largest absolute Gasteiger partial charge is 0.381 e. The third kappa shape index (κ3) is 10.9. The van der Waals surface area contributed by atoms with Crippen molar-refractivity contribution in [3.05, 3.63) is 107 Å². The lowest BCUT2D eigenvalue weighted by atomic mass is 9.97. The van der Waals surface area contributed by atoms with E-state index in [1.807, 2.05) is 45.0 Å². The smallest absolute Gasteiger partial charge is 0.254 e. The first-order valence-electron chi connectivity index (χ1n) is 16.0. The number of nitrogens with one attached hydrogen (secondary N) is 3. The zero-order valence-corrected chi connectivity index (χ0v) is 30.9. The molecule has 12 nitrogen and oxygen atoms in total. The van der Waals surface area contributed by atoms with Crippen LogP contribution in [0.2, 0.25) is 0 Å². The number of aliphatic hydroxyl groups is 1. The molecule has 3 amide bonds. The van der Waals surface area contributed by atoms with Crippen molar-refractivity contribution < 1.29 is 36.3 Å². The second-order valence-corrected chi connectivity index (χ2v) is 18.5. The van der Waals surface area contributed by atoms with Gasteiger partial charge in [-0.2, -0.15) is 0 Å². The van der Waals surface area contributed by atoms with Crippen LogP contribution in [0.1, 0.15) is 36.1 Å². The number of carbonyl (C=O) groups is 3. The van der Waals surface area contributed by atoms with E-state index >= 15 is 0 Å². The first kappa shape index (κ1) is 39.0. The normalized spacial score (nSPS) is 17.8. The predicted molar refractivity (Wildman–Crippen MR) is 194 cm³/mol. The number of nitrogens with zero attached hydrogens (tertiary/aromatic N) is 1. The molecule has 50 heavy (non-hydrogen) atoms. The number of hydrogen-bond donors (Lipinski definition) is 4. The average molecular weight is 745 g/mol. The number of carbonyl (C=O) groups excluding carboxylic acids is 3. The van der Waals surface area contributed by atoms with Gasteiger partial charge in [0.1, 0.15) is 12.1 Å². The zero-order valence-electron chi connectivity index (χ0n) is 28.4. The molecule has 0 saturated carbocycles. The maximum atomic E-state index is 14.0. The number of thioether (sulfide) groups is 1. The van der Waals surface area contributed by atoms with Crippen molar-refractivity contribution in [3.8, 4) is 0 Å². The van der Waals surface area contributed by atoms with E-state index in [1.165, 1.54) is 16.7 Å². The van der Waals surface area contributed by atoms with Crippen LogP contribution in [0.4, 0.5) is 0 Å². The molecular weight excluding hydrogens is 701 g/mol. The van der Waals surface area contributed by atoms with Crippen molar-refractivity contribution in [2.45, 2.75) is 68.5 Å². The van der Waals surface area contributed by atoms with Gasteiger partial charge in [0.15, 0.2) is 15.9 Å². The second-order valence-electron chi connectivity index (χ2n) is 13.0. The third-order valence-electron chi connectivity index (χ3n) is 8.37. The molecule has 1 heterocycles. The molecule has 1 aliphatic heterocycles. The third-order valence-corrected chi connectivity index (χ3v) is 12.1. The Morgan fingerprint density at radius 3 is 2.10 bits per heavy atom. The summed E-state index contributed by atoms with van der Waals surface area (Å²) in [6, 6.07) is 20.5. The van der Waals surface area contributed by atoms with E-state index in [-0.39, 0.29) is 18.8 Å². The molecule has 4 atom stereocenters. The molecule has 3 aromatic rings. The summed E-state index contributed by atoms with van der Waals surface area (Å²) in [6.45, 7) is 5.83. The topological polar surface area (TPSA) is 179 Å². The minimum Gasteiger partial charge on any atom is -0.381 e. The summed E-state index contributed by atoms with van der Waals surface area (Å²) in [7, 11) is -8.10. The molecule has 1 aliphatic rings. The lowest BCUT2D eigenvalue weighted by Gasteiger charge is -2.33. The first-order valence-corrected chi connectivity index (χ1v) is 20.7. The minimum absolute atomic E-state index is 0.0592. The Hall–Kier alpha value is -3.76. The fourth-order valence-electron chi connectivity index (χ4n) is 5.80. The van der Waals surface area contributed by atoms with Gasteiger partial charge in [-0.1, -0.05) is 84.9 Å². The molecular formula is C35H44N4O8S3. The zero-order chi connectivity index (χ0) is 36.7. The van der Waals surface area contributed by atoms with E-state index in [9.17, 15) is 36.3 Å². The van der Waals surface area contributed by atoms with E-state index in [0.29, 0.717) is 11.1 Å². The molecule has 1 saturated heterocycles. The Kier molecular flexibility index (Phi) is 12.9.